The van der Waals surface area contributed by atoms with E-state index < -0.39 is 48.1 Å². The number of carbonyl (C=O) groups is 4. The summed E-state index contributed by atoms with van der Waals surface area (Å²) in [5.41, 5.74) is 13.6. The van der Waals surface area contributed by atoms with Gasteiger partial charge in [0.05, 0.1) is 37.9 Å². The first-order valence-electron chi connectivity index (χ1n) is 19.8. The van der Waals surface area contributed by atoms with Gasteiger partial charge in [-0.3, -0.25) is 24.3 Å². The summed E-state index contributed by atoms with van der Waals surface area (Å²) in [5.74, 6) is -1.58. The van der Waals surface area contributed by atoms with E-state index in [-0.39, 0.29) is 37.7 Å². The Bertz CT molecular complexity index is 1620. The predicted octanol–water partition coefficient (Wildman–Crippen LogP) is 3.20. The number of unbranched alkanes of at least 4 members (excludes halogenated alkanes) is 1. The van der Waals surface area contributed by atoms with Gasteiger partial charge in [-0.05, 0) is 86.9 Å². The zero-order chi connectivity index (χ0) is 40.3. The number of aliphatic hydroxyl groups is 1. The number of amides is 4. The molecule has 15 nitrogen and oxygen atoms in total. The first-order chi connectivity index (χ1) is 27.1. The van der Waals surface area contributed by atoms with Crippen molar-refractivity contribution in [3.63, 3.8) is 0 Å². The van der Waals surface area contributed by atoms with Gasteiger partial charge < -0.3 is 41.7 Å². The number of ether oxygens (including phenoxy) is 2. The molecule has 0 saturated heterocycles. The molecule has 1 saturated carbocycles. The van der Waals surface area contributed by atoms with E-state index in [0.29, 0.717) is 49.4 Å². The van der Waals surface area contributed by atoms with Crippen LogP contribution in [0.1, 0.15) is 81.5 Å². The minimum Gasteiger partial charge on any atom is -0.497 e. The van der Waals surface area contributed by atoms with Gasteiger partial charge in [-0.25, -0.2) is 9.78 Å². The molecule has 0 aliphatic heterocycles. The van der Waals surface area contributed by atoms with Crippen molar-refractivity contribution in [1.29, 1.82) is 0 Å². The Morgan fingerprint density at radius 1 is 0.982 bits per heavy atom. The van der Waals surface area contributed by atoms with Crippen molar-refractivity contribution in [3.8, 4) is 5.75 Å². The summed E-state index contributed by atoms with van der Waals surface area (Å²) in [6.45, 7) is 2.63. The number of benzene rings is 1. The second-order valence-corrected chi connectivity index (χ2v) is 14.6. The molecule has 306 valence electrons. The molecule has 5 atom stereocenters. The van der Waals surface area contributed by atoms with Gasteiger partial charge in [-0.15, -0.1) is 0 Å². The van der Waals surface area contributed by atoms with Crippen LogP contribution in [0.15, 0.2) is 61.3 Å². The van der Waals surface area contributed by atoms with Gasteiger partial charge in [-0.2, -0.15) is 0 Å². The molecule has 0 spiro atoms. The molecule has 4 amide bonds. The fourth-order valence-electron chi connectivity index (χ4n) is 7.48. The third-order valence-corrected chi connectivity index (χ3v) is 10.5. The van der Waals surface area contributed by atoms with E-state index in [2.05, 4.69) is 25.6 Å². The second kappa shape index (κ2) is 23.1. The van der Waals surface area contributed by atoms with Crippen LogP contribution in [0.25, 0.3) is 0 Å². The van der Waals surface area contributed by atoms with Crippen LogP contribution in [0.5, 0.6) is 5.75 Å². The Morgan fingerprint density at radius 2 is 1.70 bits per heavy atom. The van der Waals surface area contributed by atoms with Crippen molar-refractivity contribution >= 4 is 23.8 Å². The summed E-state index contributed by atoms with van der Waals surface area (Å²) in [5, 5.41) is 18.3. The Kier molecular flexibility index (Phi) is 18.1. The molecule has 3 aromatic rings. The zero-order valence-corrected chi connectivity index (χ0v) is 32.7. The van der Waals surface area contributed by atoms with Gasteiger partial charge >= 0.3 is 6.09 Å². The molecule has 1 aromatic carbocycles. The van der Waals surface area contributed by atoms with Gasteiger partial charge in [0.15, 0.2) is 0 Å². The summed E-state index contributed by atoms with van der Waals surface area (Å²) < 4.78 is 11.0. The summed E-state index contributed by atoms with van der Waals surface area (Å²) in [6, 6.07) is 7.43. The van der Waals surface area contributed by atoms with Crippen LogP contribution in [0.3, 0.4) is 0 Å². The molecule has 8 N–H and O–H groups in total. The first-order valence-corrected chi connectivity index (χ1v) is 19.8. The molecular weight excluding hydrogens is 716 g/mol. The van der Waals surface area contributed by atoms with E-state index in [1.165, 1.54) is 11.2 Å². The van der Waals surface area contributed by atoms with Gasteiger partial charge in [0.25, 0.3) is 0 Å². The highest BCUT2D eigenvalue weighted by atomic mass is 16.6. The van der Waals surface area contributed by atoms with Crippen LogP contribution in [0, 0.1) is 11.8 Å². The number of primary amides is 1. The fraction of sp³-hybridized carbons (Fsp3) is 0.561. The van der Waals surface area contributed by atoms with E-state index in [0.717, 1.165) is 44.1 Å². The van der Waals surface area contributed by atoms with Crippen LogP contribution in [-0.2, 0) is 38.4 Å². The lowest BCUT2D eigenvalue weighted by molar-refractivity contribution is -0.132. The quantitative estimate of drug-likeness (QED) is 0.0771. The lowest BCUT2D eigenvalue weighted by Crippen LogP contribution is -2.61. The third kappa shape index (κ3) is 13.6. The van der Waals surface area contributed by atoms with E-state index in [9.17, 15) is 24.3 Å². The molecule has 2 aromatic heterocycles. The third-order valence-electron chi connectivity index (χ3n) is 10.5. The average Bonchev–Trinajstić information content (AvgIpc) is 3.72. The Labute approximate surface area is 329 Å². The monoisotopic (exact) mass is 776 g/mol. The molecule has 15 heteroatoms. The number of aromatic nitrogens is 3. The number of rotatable bonds is 23. The Morgan fingerprint density at radius 3 is 2.32 bits per heavy atom. The number of nitrogens with zero attached hydrogens (tertiary/aromatic N) is 3. The number of pyridine rings is 1. The molecule has 1 aliphatic carbocycles. The maximum absolute atomic E-state index is 14.6. The normalized spacial score (nSPS) is 15.8. The number of nitrogens with two attached hydrogens (primary N) is 2. The molecule has 0 bridgehead atoms. The molecule has 4 rings (SSSR count). The van der Waals surface area contributed by atoms with E-state index >= 15 is 0 Å². The van der Waals surface area contributed by atoms with Crippen LogP contribution in [0.4, 0.5) is 4.79 Å². The van der Waals surface area contributed by atoms with Crippen molar-refractivity contribution in [2.75, 3.05) is 26.8 Å². The molecule has 1 aliphatic rings. The number of carbonyl (C=O) groups excluding carboxylic acids is 4. The number of methoxy groups -OCH3 is 1. The predicted molar refractivity (Wildman–Crippen MR) is 211 cm³/mol. The number of hydrogen-bond donors (Lipinski definition) is 6. The Balaban J connectivity index is 1.77. The number of hydrogen-bond acceptors (Lipinski definition) is 10. The van der Waals surface area contributed by atoms with Crippen LogP contribution >= 0.6 is 0 Å². The summed E-state index contributed by atoms with van der Waals surface area (Å²) in [7, 11) is 1.55. The van der Waals surface area contributed by atoms with Gasteiger partial charge in [-0.1, -0.05) is 44.2 Å². The van der Waals surface area contributed by atoms with Crippen LogP contribution < -0.4 is 26.8 Å². The minimum atomic E-state index is -1.25. The van der Waals surface area contributed by atoms with Crippen molar-refractivity contribution in [3.05, 3.63) is 78.1 Å². The lowest BCUT2D eigenvalue weighted by atomic mass is 9.81. The van der Waals surface area contributed by atoms with Crippen molar-refractivity contribution < 1.29 is 33.8 Å². The molecule has 1 fully saturated rings. The largest absolute Gasteiger partial charge is 0.497 e. The standard InChI is InChI=1S/C41H60N8O7/c1-3-56-41(54)49(36(23-29-11-13-33(55-2)14-12-29)40(53)48-34(38(43)51)25-32-26-45-27-47-32)35(22-28-9-5-4-6-10-28)37(50)24-31(21-30-15-19-44-20-16-30)39(52)46-18-8-7-17-42/h11-16,19-20,26-28,31,34-37,50H,3-10,17-18,21-25,42H2,1-2H3,(H2,43,51)(H,45,47)(H,46,52)(H,48,53)/t31-,34+,35+,36+,37+/m1/s1. The maximum Gasteiger partial charge on any atom is 0.410 e. The minimum absolute atomic E-state index is 0.00170. The van der Waals surface area contributed by atoms with Crippen LogP contribution in [0.2, 0.25) is 0 Å². The van der Waals surface area contributed by atoms with Gasteiger partial charge in [0.2, 0.25) is 17.7 Å². The summed E-state index contributed by atoms with van der Waals surface area (Å²) in [4.78, 5) is 68.0. The van der Waals surface area contributed by atoms with Crippen molar-refractivity contribution in [1.82, 2.24) is 30.5 Å². The molecule has 2 heterocycles. The highest BCUT2D eigenvalue weighted by Gasteiger charge is 2.42. The molecule has 0 unspecified atom stereocenters. The van der Waals surface area contributed by atoms with Gasteiger partial charge in [0.1, 0.15) is 17.8 Å². The number of H-pyrrole nitrogens is 1. The van der Waals surface area contributed by atoms with Crippen molar-refractivity contribution in [2.24, 2.45) is 23.3 Å². The number of aromatic amines is 1. The smallest absolute Gasteiger partial charge is 0.410 e. The molecular formula is C41H60N8O7. The molecule has 0 radical (unpaired) electrons. The van der Waals surface area contributed by atoms with Crippen LogP contribution in [-0.4, -0.2) is 99.8 Å². The number of aliphatic hydroxyl groups excluding tert-OH is 1. The first kappa shape index (κ1) is 43.7. The highest BCUT2D eigenvalue weighted by molar-refractivity contribution is 5.91. The summed E-state index contributed by atoms with van der Waals surface area (Å²) in [6.07, 6.45) is 11.4. The summed E-state index contributed by atoms with van der Waals surface area (Å²) >= 11 is 0. The van der Waals surface area contributed by atoms with Crippen molar-refractivity contribution in [2.45, 2.75) is 108 Å². The second-order valence-electron chi connectivity index (χ2n) is 14.6. The Hall–Kier alpha value is -5.02. The average molecular weight is 777 g/mol. The van der Waals surface area contributed by atoms with E-state index in [4.69, 9.17) is 20.9 Å². The maximum atomic E-state index is 14.6. The number of nitrogens with one attached hydrogen (secondary N) is 3. The highest BCUT2D eigenvalue weighted by Crippen LogP contribution is 2.33. The lowest BCUT2D eigenvalue weighted by Gasteiger charge is -2.41. The molecule has 56 heavy (non-hydrogen) atoms. The SMILES string of the molecule is CCOC(=O)N([C@@H](Cc1ccc(OC)cc1)C(=O)N[C@@H](Cc1c[nH]cn1)C(N)=O)[C@@H](CC1CCCCC1)[C@@H](O)C[C@@H](Cc1ccncc1)C(=O)NCCCCN. The van der Waals surface area contributed by atoms with E-state index in [1.54, 1.807) is 56.9 Å². The number of imidazole rings is 1. The fourth-order valence-corrected chi connectivity index (χ4v) is 7.48. The van der Waals surface area contributed by atoms with E-state index in [1.807, 2.05) is 12.1 Å². The topological polar surface area (TPSA) is 228 Å². The zero-order valence-electron chi connectivity index (χ0n) is 32.7. The van der Waals surface area contributed by atoms with Gasteiger partial charge in [0, 0.05) is 43.9 Å².